The summed E-state index contributed by atoms with van der Waals surface area (Å²) in [6, 6.07) is 5.43. The van der Waals surface area contributed by atoms with E-state index in [1.807, 2.05) is 19.2 Å². The molecule has 0 spiro atoms. The lowest BCUT2D eigenvalue weighted by molar-refractivity contribution is -0.116. The van der Waals surface area contributed by atoms with Gasteiger partial charge >= 0.3 is 0 Å². The second-order valence-electron chi connectivity index (χ2n) is 5.85. The number of carbonyl (C=O) groups is 1. The fraction of sp³-hybridized carbons (Fsp3) is 0.235. The zero-order valence-electron chi connectivity index (χ0n) is 13.9. The minimum atomic E-state index is -0.126. The maximum absolute atomic E-state index is 12.1. The molecule has 136 valence electrons. The van der Waals surface area contributed by atoms with E-state index in [0.717, 1.165) is 11.1 Å². The van der Waals surface area contributed by atoms with E-state index in [1.165, 1.54) is 0 Å². The predicted octanol–water partition coefficient (Wildman–Crippen LogP) is 4.53. The van der Waals surface area contributed by atoms with Gasteiger partial charge in [0.1, 0.15) is 0 Å². The topological polar surface area (TPSA) is 64.7 Å². The average molecular weight is 457 g/mol. The summed E-state index contributed by atoms with van der Waals surface area (Å²) in [5, 5.41) is 12.4. The van der Waals surface area contributed by atoms with Gasteiger partial charge in [0.15, 0.2) is 5.82 Å². The summed E-state index contributed by atoms with van der Waals surface area (Å²) in [4.78, 5) is 12.1. The summed E-state index contributed by atoms with van der Waals surface area (Å²) in [6.45, 7) is 2.99. The molecular weight excluding hydrogens is 441 g/mol. The van der Waals surface area contributed by atoms with Crippen LogP contribution in [-0.2, 0) is 17.9 Å². The van der Waals surface area contributed by atoms with Crippen LogP contribution in [0.2, 0.25) is 10.0 Å². The highest BCUT2D eigenvalue weighted by molar-refractivity contribution is 9.10. The normalized spacial score (nSPS) is 10.9. The Morgan fingerprint density at radius 1 is 1.23 bits per heavy atom. The van der Waals surface area contributed by atoms with Gasteiger partial charge in [-0.2, -0.15) is 10.2 Å². The molecule has 0 aliphatic carbocycles. The lowest BCUT2D eigenvalue weighted by atomic mass is 10.2. The number of benzene rings is 1. The molecule has 3 rings (SSSR count). The third-order valence-electron chi connectivity index (χ3n) is 3.63. The maximum atomic E-state index is 12.1. The van der Waals surface area contributed by atoms with E-state index in [-0.39, 0.29) is 5.91 Å². The molecule has 2 heterocycles. The fourth-order valence-electron chi connectivity index (χ4n) is 2.39. The average Bonchev–Trinajstić information content (AvgIpc) is 3.15. The molecule has 9 heteroatoms. The largest absolute Gasteiger partial charge is 0.308 e. The van der Waals surface area contributed by atoms with Gasteiger partial charge in [0.25, 0.3) is 0 Å². The number of carbonyl (C=O) groups excluding carboxylic acids is 1. The third kappa shape index (κ3) is 4.87. The number of nitrogens with zero attached hydrogens (tertiary/aromatic N) is 4. The molecule has 0 unspecified atom stereocenters. The molecule has 0 radical (unpaired) electrons. The molecule has 0 aliphatic rings. The summed E-state index contributed by atoms with van der Waals surface area (Å²) >= 11 is 15.4. The Balaban J connectivity index is 1.60. The van der Waals surface area contributed by atoms with Crippen LogP contribution in [0.4, 0.5) is 5.82 Å². The molecule has 0 bridgehead atoms. The molecule has 6 nitrogen and oxygen atoms in total. The van der Waals surface area contributed by atoms with E-state index >= 15 is 0 Å². The van der Waals surface area contributed by atoms with Crippen molar-refractivity contribution >= 4 is 50.9 Å². The molecule has 1 amide bonds. The molecule has 0 aliphatic heterocycles. The Hall–Kier alpha value is -1.83. The van der Waals surface area contributed by atoms with E-state index in [4.69, 9.17) is 23.2 Å². The monoisotopic (exact) mass is 455 g/mol. The van der Waals surface area contributed by atoms with E-state index in [0.29, 0.717) is 39.8 Å². The Morgan fingerprint density at radius 3 is 2.73 bits per heavy atom. The van der Waals surface area contributed by atoms with Gasteiger partial charge in [-0.05, 0) is 46.1 Å². The maximum Gasteiger partial charge on any atom is 0.227 e. The smallest absolute Gasteiger partial charge is 0.227 e. The molecule has 0 saturated carbocycles. The van der Waals surface area contributed by atoms with Crippen LogP contribution in [-0.4, -0.2) is 25.5 Å². The van der Waals surface area contributed by atoms with Crippen molar-refractivity contribution in [2.24, 2.45) is 0 Å². The number of halogens is 3. The number of rotatable bonds is 6. The number of hydrogen-bond donors (Lipinski definition) is 1. The van der Waals surface area contributed by atoms with Crippen LogP contribution in [0.1, 0.15) is 17.5 Å². The molecule has 0 fully saturated rings. The van der Waals surface area contributed by atoms with Crippen LogP contribution < -0.4 is 5.32 Å². The van der Waals surface area contributed by atoms with E-state index < -0.39 is 0 Å². The minimum Gasteiger partial charge on any atom is -0.308 e. The van der Waals surface area contributed by atoms with E-state index in [9.17, 15) is 4.79 Å². The molecule has 3 aromatic rings. The summed E-state index contributed by atoms with van der Waals surface area (Å²) in [6.07, 6.45) is 5.77. The minimum absolute atomic E-state index is 0.126. The van der Waals surface area contributed by atoms with Crippen LogP contribution >= 0.6 is 39.1 Å². The summed E-state index contributed by atoms with van der Waals surface area (Å²) in [5.41, 5.74) is 2.02. The number of hydrogen-bond acceptors (Lipinski definition) is 3. The Labute approximate surface area is 169 Å². The lowest BCUT2D eigenvalue weighted by Crippen LogP contribution is -2.15. The van der Waals surface area contributed by atoms with E-state index in [1.54, 1.807) is 33.9 Å². The van der Waals surface area contributed by atoms with Crippen LogP contribution in [0.25, 0.3) is 0 Å². The Morgan fingerprint density at radius 2 is 2.04 bits per heavy atom. The van der Waals surface area contributed by atoms with Crippen LogP contribution in [0.15, 0.2) is 41.3 Å². The van der Waals surface area contributed by atoms with Gasteiger partial charge in [-0.25, -0.2) is 0 Å². The lowest BCUT2D eigenvalue weighted by Gasteiger charge is -2.05. The second-order valence-corrected chi connectivity index (χ2v) is 7.52. The summed E-state index contributed by atoms with van der Waals surface area (Å²) in [5.74, 6) is 0.352. The SMILES string of the molecule is Cc1cnn(CCC(=O)Nc2nn(Cc3ccc(Cl)c(Cl)c3)cc2Br)c1. The van der Waals surface area contributed by atoms with Gasteiger partial charge in [-0.1, -0.05) is 29.3 Å². The number of amides is 1. The fourth-order valence-corrected chi connectivity index (χ4v) is 3.12. The van der Waals surface area contributed by atoms with Crippen molar-refractivity contribution in [3.05, 3.63) is 62.4 Å². The van der Waals surface area contributed by atoms with Crippen molar-refractivity contribution in [1.82, 2.24) is 19.6 Å². The van der Waals surface area contributed by atoms with E-state index in [2.05, 4.69) is 31.4 Å². The van der Waals surface area contributed by atoms with Gasteiger partial charge < -0.3 is 5.32 Å². The van der Waals surface area contributed by atoms with Crippen molar-refractivity contribution in [2.45, 2.75) is 26.4 Å². The Kier molecular flexibility index (Phi) is 6.01. The molecular formula is C17H16BrCl2N5O. The highest BCUT2D eigenvalue weighted by atomic mass is 79.9. The van der Waals surface area contributed by atoms with Gasteiger partial charge in [0, 0.05) is 25.4 Å². The van der Waals surface area contributed by atoms with Crippen molar-refractivity contribution in [1.29, 1.82) is 0 Å². The standard InChI is InChI=1S/C17H16BrCl2N5O/c1-11-7-21-24(8-11)5-4-16(26)22-17-13(18)10-25(23-17)9-12-2-3-14(19)15(20)6-12/h2-3,6-8,10H,4-5,9H2,1H3,(H,22,23,26). The highest BCUT2D eigenvalue weighted by Crippen LogP contribution is 2.24. The number of nitrogens with one attached hydrogen (secondary N) is 1. The van der Waals surface area contributed by atoms with Crippen LogP contribution in [0, 0.1) is 6.92 Å². The highest BCUT2D eigenvalue weighted by Gasteiger charge is 2.11. The van der Waals surface area contributed by atoms with Gasteiger partial charge in [-0.15, -0.1) is 0 Å². The third-order valence-corrected chi connectivity index (χ3v) is 4.95. The van der Waals surface area contributed by atoms with Gasteiger partial charge in [0.05, 0.1) is 27.3 Å². The molecule has 1 N–H and O–H groups in total. The zero-order valence-corrected chi connectivity index (χ0v) is 17.0. The molecule has 2 aromatic heterocycles. The van der Waals surface area contributed by atoms with Gasteiger partial charge in [0.2, 0.25) is 5.91 Å². The summed E-state index contributed by atoms with van der Waals surface area (Å²) in [7, 11) is 0. The molecule has 26 heavy (non-hydrogen) atoms. The zero-order chi connectivity index (χ0) is 18.7. The van der Waals surface area contributed by atoms with Crippen molar-refractivity contribution in [3.8, 4) is 0 Å². The van der Waals surface area contributed by atoms with Crippen molar-refractivity contribution in [3.63, 3.8) is 0 Å². The quantitative estimate of drug-likeness (QED) is 0.592. The second kappa shape index (κ2) is 8.24. The molecule has 0 saturated heterocycles. The Bertz CT molecular complexity index is 937. The summed E-state index contributed by atoms with van der Waals surface area (Å²) < 4.78 is 4.17. The van der Waals surface area contributed by atoms with Crippen LogP contribution in [0.3, 0.4) is 0 Å². The first-order valence-corrected chi connectivity index (χ1v) is 9.41. The first kappa shape index (κ1) is 18.9. The molecule has 0 atom stereocenters. The predicted molar refractivity (Wildman–Crippen MR) is 106 cm³/mol. The number of anilines is 1. The molecule has 1 aromatic carbocycles. The first-order chi connectivity index (χ1) is 12.4. The number of aromatic nitrogens is 4. The first-order valence-electron chi connectivity index (χ1n) is 7.86. The van der Waals surface area contributed by atoms with Crippen molar-refractivity contribution < 1.29 is 4.79 Å². The van der Waals surface area contributed by atoms with Crippen LogP contribution in [0.5, 0.6) is 0 Å². The number of aryl methyl sites for hydroxylation is 2. The van der Waals surface area contributed by atoms with Crippen molar-refractivity contribution in [2.75, 3.05) is 5.32 Å². The van der Waals surface area contributed by atoms with Gasteiger partial charge in [-0.3, -0.25) is 14.2 Å².